The molecule has 7 nitrogen and oxygen atoms in total. The van der Waals surface area contributed by atoms with E-state index < -0.39 is 5.97 Å². The van der Waals surface area contributed by atoms with Gasteiger partial charge in [-0.15, -0.1) is 22.0 Å². The molecule has 0 radical (unpaired) electrons. The molecule has 0 saturated carbocycles. The van der Waals surface area contributed by atoms with Crippen molar-refractivity contribution < 1.29 is 19.1 Å². The van der Waals surface area contributed by atoms with E-state index in [4.69, 9.17) is 9.52 Å². The Kier molecular flexibility index (Phi) is 3.47. The van der Waals surface area contributed by atoms with Gasteiger partial charge in [0, 0.05) is 17.9 Å². The lowest BCUT2D eigenvalue weighted by Crippen LogP contribution is -2.54. The van der Waals surface area contributed by atoms with Crippen LogP contribution in [0.3, 0.4) is 0 Å². The Bertz CT molecular complexity index is 600. The van der Waals surface area contributed by atoms with Crippen molar-refractivity contribution in [1.82, 2.24) is 15.1 Å². The topological polar surface area (TPSA) is 96.5 Å². The predicted octanol–water partition coefficient (Wildman–Crippen LogP) is 1.11. The lowest BCUT2D eigenvalue weighted by atomic mass is 10.1. The third-order valence-corrected chi connectivity index (χ3v) is 5.43. The Labute approximate surface area is 122 Å². The minimum absolute atomic E-state index is 0.00709. The summed E-state index contributed by atoms with van der Waals surface area (Å²) in [5.41, 5.74) is 0.0808. The monoisotopic (exact) mass is 313 g/mol. The maximum absolute atomic E-state index is 11.4. The third-order valence-electron chi connectivity index (χ3n) is 2.94. The summed E-state index contributed by atoms with van der Waals surface area (Å²) in [6, 6.07) is 0. The molecule has 0 aromatic carbocycles. The summed E-state index contributed by atoms with van der Waals surface area (Å²) >= 11 is 2.97. The van der Waals surface area contributed by atoms with Crippen molar-refractivity contribution in [3.63, 3.8) is 0 Å². The number of carboxylic acids is 1. The molecule has 106 valence electrons. The molecular weight excluding hydrogens is 302 g/mol. The van der Waals surface area contributed by atoms with Crippen LogP contribution in [0.5, 0.6) is 0 Å². The van der Waals surface area contributed by atoms with E-state index in [1.165, 1.54) is 16.7 Å². The predicted molar refractivity (Wildman–Crippen MR) is 72.1 cm³/mol. The van der Waals surface area contributed by atoms with Gasteiger partial charge in [0.1, 0.15) is 5.70 Å². The Morgan fingerprint density at radius 2 is 2.45 bits per heavy atom. The van der Waals surface area contributed by atoms with Gasteiger partial charge in [0.2, 0.25) is 11.8 Å². The summed E-state index contributed by atoms with van der Waals surface area (Å²) in [6.45, 7) is 1.71. The zero-order valence-electron chi connectivity index (χ0n) is 10.5. The standard InChI is InChI=1S/C11H11N3O4S2/c1-5-12-13-11(18-5)19-4-6-2-7(10(16)17)14-8(15)3-9(14)20-6/h2,6,9H,3-4H2,1H3,(H,16,17)/t6?,9-/m1/s1. The molecule has 1 fully saturated rings. The Hall–Kier alpha value is -1.48. The second kappa shape index (κ2) is 5.13. The number of hydrogen-bond donors (Lipinski definition) is 1. The highest BCUT2D eigenvalue weighted by Gasteiger charge is 2.45. The van der Waals surface area contributed by atoms with Crippen LogP contribution in [0.2, 0.25) is 0 Å². The van der Waals surface area contributed by atoms with Gasteiger partial charge in [0.15, 0.2) is 0 Å². The smallest absolute Gasteiger partial charge is 0.352 e. The number of β-lactam (4-membered cyclic amide) rings is 1. The zero-order chi connectivity index (χ0) is 14.3. The van der Waals surface area contributed by atoms with E-state index in [1.807, 2.05) is 0 Å². The molecule has 3 rings (SSSR count). The van der Waals surface area contributed by atoms with Crippen LogP contribution in [0.25, 0.3) is 0 Å². The number of hydrogen-bond acceptors (Lipinski definition) is 7. The molecule has 2 aliphatic rings. The molecule has 9 heteroatoms. The molecule has 1 aromatic heterocycles. The number of aryl methyl sites for hydroxylation is 1. The van der Waals surface area contributed by atoms with Gasteiger partial charge in [-0.3, -0.25) is 9.69 Å². The maximum Gasteiger partial charge on any atom is 0.352 e. The van der Waals surface area contributed by atoms with Crippen LogP contribution >= 0.6 is 23.5 Å². The molecule has 20 heavy (non-hydrogen) atoms. The van der Waals surface area contributed by atoms with Gasteiger partial charge >= 0.3 is 5.97 Å². The molecule has 1 unspecified atom stereocenters. The number of amides is 1. The lowest BCUT2D eigenvalue weighted by molar-refractivity contribution is -0.146. The lowest BCUT2D eigenvalue weighted by Gasteiger charge is -2.44. The van der Waals surface area contributed by atoms with E-state index in [1.54, 1.807) is 24.8 Å². The molecule has 0 spiro atoms. The molecule has 1 aromatic rings. The Morgan fingerprint density at radius 1 is 1.65 bits per heavy atom. The molecule has 1 N–H and O–H groups in total. The van der Waals surface area contributed by atoms with Gasteiger partial charge in [0.25, 0.3) is 5.22 Å². The normalized spacial score (nSPS) is 24.9. The molecular formula is C11H11N3O4S2. The van der Waals surface area contributed by atoms with E-state index >= 15 is 0 Å². The minimum Gasteiger partial charge on any atom is -0.477 e. The summed E-state index contributed by atoms with van der Waals surface area (Å²) in [4.78, 5) is 24.0. The van der Waals surface area contributed by atoms with E-state index in [0.29, 0.717) is 23.3 Å². The van der Waals surface area contributed by atoms with Gasteiger partial charge in [-0.2, -0.15) is 0 Å². The first-order valence-electron chi connectivity index (χ1n) is 5.90. The van der Waals surface area contributed by atoms with Gasteiger partial charge in [-0.05, 0) is 6.08 Å². The van der Waals surface area contributed by atoms with Crippen LogP contribution in [0.4, 0.5) is 0 Å². The number of aromatic nitrogens is 2. The summed E-state index contributed by atoms with van der Waals surface area (Å²) < 4.78 is 5.26. The highest BCUT2D eigenvalue weighted by atomic mass is 32.2. The molecule has 1 saturated heterocycles. The second-order valence-electron chi connectivity index (χ2n) is 4.35. The second-order valence-corrected chi connectivity index (χ2v) is 6.75. The average Bonchev–Trinajstić information content (AvgIpc) is 2.80. The van der Waals surface area contributed by atoms with Crippen molar-refractivity contribution in [2.24, 2.45) is 0 Å². The quantitative estimate of drug-likeness (QED) is 0.652. The van der Waals surface area contributed by atoms with Crippen LogP contribution in [0, 0.1) is 6.92 Å². The van der Waals surface area contributed by atoms with Crippen LogP contribution in [-0.2, 0) is 9.59 Å². The molecule has 0 aliphatic carbocycles. The summed E-state index contributed by atoms with van der Waals surface area (Å²) in [5.74, 6) is -0.0650. The molecule has 2 aliphatic heterocycles. The summed E-state index contributed by atoms with van der Waals surface area (Å²) in [7, 11) is 0. The fraction of sp³-hybridized carbons (Fsp3) is 0.455. The van der Waals surface area contributed by atoms with Crippen LogP contribution in [-0.4, -0.2) is 48.5 Å². The first kappa shape index (κ1) is 13.5. The maximum atomic E-state index is 11.4. The van der Waals surface area contributed by atoms with E-state index in [9.17, 15) is 9.59 Å². The van der Waals surface area contributed by atoms with Gasteiger partial charge in [-0.1, -0.05) is 11.8 Å². The van der Waals surface area contributed by atoms with E-state index in [0.717, 1.165) is 0 Å². The number of nitrogens with zero attached hydrogens (tertiary/aromatic N) is 3. The fourth-order valence-electron chi connectivity index (χ4n) is 2.03. The number of carbonyl (C=O) groups is 2. The van der Waals surface area contributed by atoms with Crippen molar-refractivity contribution in [2.45, 2.75) is 29.2 Å². The minimum atomic E-state index is -1.06. The van der Waals surface area contributed by atoms with Crippen molar-refractivity contribution in [3.8, 4) is 0 Å². The summed E-state index contributed by atoms with van der Waals surface area (Å²) in [5, 5.41) is 17.2. The first-order chi connectivity index (χ1) is 9.54. The number of fused-ring (bicyclic) bond motifs is 1. The van der Waals surface area contributed by atoms with Crippen LogP contribution < -0.4 is 0 Å². The SMILES string of the molecule is Cc1nnc(SCC2C=C(C(=O)O)N3C(=O)C[C@H]3S2)o1. The van der Waals surface area contributed by atoms with E-state index in [-0.39, 0.29) is 22.2 Å². The highest BCUT2D eigenvalue weighted by Crippen LogP contribution is 2.41. The zero-order valence-corrected chi connectivity index (χ0v) is 12.1. The van der Waals surface area contributed by atoms with E-state index in [2.05, 4.69) is 10.2 Å². The third kappa shape index (κ3) is 2.42. The Balaban J connectivity index is 1.69. The first-order valence-corrected chi connectivity index (χ1v) is 7.83. The molecule has 1 amide bonds. The molecule has 2 atom stereocenters. The number of carboxylic acid groups (broad SMARTS) is 1. The summed E-state index contributed by atoms with van der Waals surface area (Å²) in [6.07, 6.45) is 2.02. The van der Waals surface area contributed by atoms with Crippen LogP contribution in [0.1, 0.15) is 12.3 Å². The number of rotatable bonds is 4. The fourth-order valence-corrected chi connectivity index (χ4v) is 4.44. The number of aliphatic carboxylic acids is 1. The molecule has 0 bridgehead atoms. The largest absolute Gasteiger partial charge is 0.477 e. The average molecular weight is 313 g/mol. The van der Waals surface area contributed by atoms with Crippen molar-refractivity contribution in [2.75, 3.05) is 5.75 Å². The van der Waals surface area contributed by atoms with Crippen LogP contribution in [0.15, 0.2) is 21.4 Å². The van der Waals surface area contributed by atoms with Gasteiger partial charge < -0.3 is 9.52 Å². The van der Waals surface area contributed by atoms with Crippen molar-refractivity contribution >= 4 is 35.4 Å². The number of carbonyl (C=O) groups excluding carboxylic acids is 1. The highest BCUT2D eigenvalue weighted by molar-refractivity contribution is 8.03. The molecule has 3 heterocycles. The number of thioether (sulfide) groups is 2. The van der Waals surface area contributed by atoms with Gasteiger partial charge in [0.05, 0.1) is 11.8 Å². The van der Waals surface area contributed by atoms with Crippen molar-refractivity contribution in [3.05, 3.63) is 17.7 Å². The van der Waals surface area contributed by atoms with Gasteiger partial charge in [-0.25, -0.2) is 4.79 Å². The van der Waals surface area contributed by atoms with Crippen molar-refractivity contribution in [1.29, 1.82) is 0 Å². The Morgan fingerprint density at radius 3 is 3.05 bits per heavy atom.